The third-order valence-corrected chi connectivity index (χ3v) is 4.70. The lowest BCUT2D eigenvalue weighted by Gasteiger charge is -2.06. The quantitative estimate of drug-likeness (QED) is 0.873. The van der Waals surface area contributed by atoms with E-state index < -0.39 is 10.8 Å². The molecule has 1 rings (SSSR count). The molecule has 1 aromatic heterocycles. The third-order valence-electron chi connectivity index (χ3n) is 1.86. The Hall–Kier alpha value is 0.1000. The first-order valence-corrected chi connectivity index (χ1v) is 7.14. The normalized spacial score (nSPS) is 15.4. The van der Waals surface area contributed by atoms with Gasteiger partial charge in [-0.3, -0.25) is 4.21 Å². The number of thiophene rings is 1. The van der Waals surface area contributed by atoms with Crippen LogP contribution in [-0.2, 0) is 16.6 Å². The van der Waals surface area contributed by atoms with Crippen molar-refractivity contribution in [1.29, 1.82) is 0 Å². The van der Waals surface area contributed by atoms with Gasteiger partial charge in [0.2, 0.25) is 0 Å². The van der Waals surface area contributed by atoms with E-state index in [9.17, 15) is 4.21 Å². The van der Waals surface area contributed by atoms with Gasteiger partial charge in [-0.05, 0) is 18.6 Å². The molecule has 0 amide bonds. The maximum atomic E-state index is 11.6. The Kier molecular flexibility index (Phi) is 5.09. The maximum absolute atomic E-state index is 11.6. The van der Waals surface area contributed by atoms with Crippen LogP contribution in [0.2, 0.25) is 4.34 Å². The van der Waals surface area contributed by atoms with Gasteiger partial charge in [-0.2, -0.15) is 0 Å². The fraction of sp³-hybridized carbons (Fsp3) is 0.556. The van der Waals surface area contributed by atoms with E-state index in [1.54, 1.807) is 0 Å². The zero-order chi connectivity index (χ0) is 10.6. The maximum Gasteiger partial charge on any atom is 0.0931 e. The average Bonchev–Trinajstić information content (AvgIpc) is 2.50. The SMILES string of the molecule is CCC(N)CS(=O)Cc1ccc(Cl)s1. The molecule has 0 aliphatic carbocycles. The molecule has 2 N–H and O–H groups in total. The topological polar surface area (TPSA) is 43.1 Å². The summed E-state index contributed by atoms with van der Waals surface area (Å²) in [7, 11) is -0.861. The second kappa shape index (κ2) is 5.85. The Labute approximate surface area is 95.9 Å². The van der Waals surface area contributed by atoms with Crippen LogP contribution in [0.25, 0.3) is 0 Å². The van der Waals surface area contributed by atoms with E-state index in [2.05, 4.69) is 0 Å². The van der Waals surface area contributed by atoms with Crippen LogP contribution in [-0.4, -0.2) is 16.0 Å². The highest BCUT2D eigenvalue weighted by molar-refractivity contribution is 7.84. The molecule has 80 valence electrons. The van der Waals surface area contributed by atoms with Gasteiger partial charge in [-0.15, -0.1) is 11.3 Å². The second-order valence-electron chi connectivity index (χ2n) is 3.12. The molecule has 2 unspecified atom stereocenters. The van der Waals surface area contributed by atoms with Gasteiger partial charge < -0.3 is 5.73 Å². The molecular formula is C9H14ClNOS2. The van der Waals surface area contributed by atoms with Gasteiger partial charge in [0.15, 0.2) is 0 Å². The van der Waals surface area contributed by atoms with Crippen LogP contribution >= 0.6 is 22.9 Å². The Bertz CT molecular complexity index is 314. The van der Waals surface area contributed by atoms with E-state index in [-0.39, 0.29) is 6.04 Å². The van der Waals surface area contributed by atoms with Gasteiger partial charge >= 0.3 is 0 Å². The Morgan fingerprint density at radius 2 is 2.36 bits per heavy atom. The van der Waals surface area contributed by atoms with Crippen molar-refractivity contribution >= 4 is 33.7 Å². The molecule has 2 atom stereocenters. The van der Waals surface area contributed by atoms with Crippen molar-refractivity contribution < 1.29 is 4.21 Å². The smallest absolute Gasteiger partial charge is 0.0931 e. The molecule has 1 heterocycles. The van der Waals surface area contributed by atoms with E-state index in [1.165, 1.54) is 11.3 Å². The summed E-state index contributed by atoms with van der Waals surface area (Å²) in [5.74, 6) is 1.15. The van der Waals surface area contributed by atoms with E-state index in [1.807, 2.05) is 19.1 Å². The standard InChI is InChI=1S/C9H14ClNOS2/c1-2-7(11)5-14(12)6-8-3-4-9(10)13-8/h3-4,7H,2,5-6,11H2,1H3. The average molecular weight is 252 g/mol. The molecule has 5 heteroatoms. The van der Waals surface area contributed by atoms with Crippen LogP contribution in [0.5, 0.6) is 0 Å². The molecule has 14 heavy (non-hydrogen) atoms. The first kappa shape index (κ1) is 12.2. The van der Waals surface area contributed by atoms with Gasteiger partial charge in [0.05, 0.1) is 10.1 Å². The van der Waals surface area contributed by atoms with Gasteiger partial charge in [-0.25, -0.2) is 0 Å². The van der Waals surface area contributed by atoms with Crippen molar-refractivity contribution in [3.05, 3.63) is 21.3 Å². The summed E-state index contributed by atoms with van der Waals surface area (Å²) in [6.45, 7) is 2.00. The third kappa shape index (κ3) is 4.09. The summed E-state index contributed by atoms with van der Waals surface area (Å²) < 4.78 is 12.3. The van der Waals surface area contributed by atoms with Crippen LogP contribution < -0.4 is 5.73 Å². The van der Waals surface area contributed by atoms with Crippen molar-refractivity contribution in [3.63, 3.8) is 0 Å². The summed E-state index contributed by atoms with van der Waals surface area (Å²) in [4.78, 5) is 1.07. The van der Waals surface area contributed by atoms with Gasteiger partial charge in [0.1, 0.15) is 0 Å². The fourth-order valence-electron chi connectivity index (χ4n) is 1.00. The van der Waals surface area contributed by atoms with Crippen molar-refractivity contribution in [3.8, 4) is 0 Å². The molecule has 0 radical (unpaired) electrons. The lowest BCUT2D eigenvalue weighted by Crippen LogP contribution is -2.26. The minimum atomic E-state index is -0.861. The highest BCUT2D eigenvalue weighted by Gasteiger charge is 2.08. The van der Waals surface area contributed by atoms with Gasteiger partial charge in [-0.1, -0.05) is 18.5 Å². The molecule has 0 spiro atoms. The van der Waals surface area contributed by atoms with Crippen molar-refractivity contribution in [2.45, 2.75) is 25.1 Å². The predicted molar refractivity (Wildman–Crippen MR) is 64.3 cm³/mol. The first-order valence-electron chi connectivity index (χ1n) is 4.46. The van der Waals surface area contributed by atoms with E-state index in [0.717, 1.165) is 15.6 Å². The number of hydrogen-bond acceptors (Lipinski definition) is 3. The summed E-state index contributed by atoms with van der Waals surface area (Å²) in [5, 5.41) is 0. The molecule has 0 aliphatic heterocycles. The number of halogens is 1. The van der Waals surface area contributed by atoms with Crippen LogP contribution in [0.3, 0.4) is 0 Å². The number of rotatable bonds is 5. The first-order chi connectivity index (χ1) is 6.61. The van der Waals surface area contributed by atoms with Crippen LogP contribution in [0.15, 0.2) is 12.1 Å². The molecule has 1 aromatic rings. The molecule has 0 saturated carbocycles. The molecule has 2 nitrogen and oxygen atoms in total. The van der Waals surface area contributed by atoms with E-state index in [4.69, 9.17) is 17.3 Å². The Morgan fingerprint density at radius 3 is 2.86 bits per heavy atom. The summed E-state index contributed by atoms with van der Waals surface area (Å²) in [6, 6.07) is 3.80. The molecule has 0 fully saturated rings. The highest BCUT2D eigenvalue weighted by Crippen LogP contribution is 2.22. The van der Waals surface area contributed by atoms with Crippen molar-refractivity contribution in [2.75, 3.05) is 5.75 Å². The number of nitrogens with two attached hydrogens (primary N) is 1. The lowest BCUT2D eigenvalue weighted by atomic mass is 10.3. The molecule has 0 aromatic carbocycles. The Balaban J connectivity index is 2.41. The predicted octanol–water partition coefficient (Wildman–Crippen LogP) is 2.39. The van der Waals surface area contributed by atoms with E-state index >= 15 is 0 Å². The van der Waals surface area contributed by atoms with E-state index in [0.29, 0.717) is 11.5 Å². The van der Waals surface area contributed by atoms with Crippen molar-refractivity contribution in [1.82, 2.24) is 0 Å². The fourth-order valence-corrected chi connectivity index (χ4v) is 3.76. The lowest BCUT2D eigenvalue weighted by molar-refractivity contribution is 0.663. The van der Waals surface area contributed by atoms with Crippen LogP contribution in [0, 0.1) is 0 Å². The largest absolute Gasteiger partial charge is 0.327 e. The molecular weight excluding hydrogens is 238 g/mol. The molecule has 0 aliphatic rings. The zero-order valence-electron chi connectivity index (χ0n) is 8.03. The van der Waals surface area contributed by atoms with Crippen LogP contribution in [0.4, 0.5) is 0 Å². The minimum absolute atomic E-state index is 0.0475. The second-order valence-corrected chi connectivity index (χ2v) is 6.43. The molecule has 0 bridgehead atoms. The van der Waals surface area contributed by atoms with Crippen LogP contribution in [0.1, 0.15) is 18.2 Å². The number of hydrogen-bond donors (Lipinski definition) is 1. The molecule has 0 saturated heterocycles. The Morgan fingerprint density at radius 1 is 1.64 bits per heavy atom. The summed E-state index contributed by atoms with van der Waals surface area (Å²) >= 11 is 7.25. The monoisotopic (exact) mass is 251 g/mol. The summed E-state index contributed by atoms with van der Waals surface area (Å²) in [5.41, 5.74) is 5.72. The van der Waals surface area contributed by atoms with Crippen molar-refractivity contribution in [2.24, 2.45) is 5.73 Å². The van der Waals surface area contributed by atoms with Gasteiger partial charge in [0.25, 0.3) is 0 Å². The highest BCUT2D eigenvalue weighted by atomic mass is 35.5. The minimum Gasteiger partial charge on any atom is -0.327 e. The van der Waals surface area contributed by atoms with Gasteiger partial charge in [0, 0.05) is 27.5 Å². The zero-order valence-corrected chi connectivity index (χ0v) is 10.4. The summed E-state index contributed by atoms with van der Waals surface area (Å²) in [6.07, 6.45) is 0.872.